The van der Waals surface area contributed by atoms with Gasteiger partial charge in [-0.2, -0.15) is 0 Å². The topological polar surface area (TPSA) is 140 Å². The molecule has 0 heterocycles. The highest BCUT2D eigenvalue weighted by Gasteiger charge is 2.11. The maximum Gasteiger partial charge on any atom is 0.276 e. The molecule has 0 fully saturated rings. The van der Waals surface area contributed by atoms with Gasteiger partial charge >= 0.3 is 0 Å². The highest BCUT2D eigenvalue weighted by atomic mass is 16.6. The van der Waals surface area contributed by atoms with E-state index in [0.29, 0.717) is 5.69 Å². The van der Waals surface area contributed by atoms with E-state index in [1.54, 1.807) is 0 Å². The molecular formula is C20H22N4O6. The summed E-state index contributed by atoms with van der Waals surface area (Å²) in [4.78, 5) is 45.5. The molecule has 0 unspecified atom stereocenters. The van der Waals surface area contributed by atoms with E-state index in [1.807, 2.05) is 32.0 Å². The number of hydrazine groups is 1. The molecule has 10 nitrogen and oxygen atoms in total. The van der Waals surface area contributed by atoms with E-state index in [4.69, 9.17) is 4.74 Å². The van der Waals surface area contributed by atoms with Crippen LogP contribution in [0.2, 0.25) is 0 Å². The van der Waals surface area contributed by atoms with Crippen molar-refractivity contribution in [1.29, 1.82) is 0 Å². The summed E-state index contributed by atoms with van der Waals surface area (Å²) in [6.45, 7) is 3.39. The largest absolute Gasteiger partial charge is 0.484 e. The first-order valence-electron chi connectivity index (χ1n) is 9.06. The molecule has 30 heavy (non-hydrogen) atoms. The highest BCUT2D eigenvalue weighted by Crippen LogP contribution is 2.17. The van der Waals surface area contributed by atoms with Crippen LogP contribution in [0.3, 0.4) is 0 Å². The molecule has 3 N–H and O–H groups in total. The normalized spacial score (nSPS) is 10.1. The first kappa shape index (κ1) is 22.3. The molecule has 0 saturated heterocycles. The molecule has 0 aliphatic heterocycles. The van der Waals surface area contributed by atoms with Crippen molar-refractivity contribution in [3.05, 3.63) is 63.7 Å². The summed E-state index contributed by atoms with van der Waals surface area (Å²) in [6.07, 6.45) is -0.158. The van der Waals surface area contributed by atoms with Crippen LogP contribution in [0.4, 0.5) is 11.4 Å². The molecule has 10 heteroatoms. The molecule has 0 radical (unpaired) electrons. The lowest BCUT2D eigenvalue weighted by Gasteiger charge is -2.10. The number of nitro groups is 1. The third kappa shape index (κ3) is 7.23. The summed E-state index contributed by atoms with van der Waals surface area (Å²) >= 11 is 0. The summed E-state index contributed by atoms with van der Waals surface area (Å²) in [6, 6.07) is 10.9. The predicted molar refractivity (Wildman–Crippen MR) is 109 cm³/mol. The van der Waals surface area contributed by atoms with Crippen LogP contribution in [0.15, 0.2) is 42.5 Å². The fourth-order valence-electron chi connectivity index (χ4n) is 2.36. The molecule has 158 valence electrons. The molecule has 0 bridgehead atoms. The predicted octanol–water partition coefficient (Wildman–Crippen LogP) is 2.16. The maximum atomic E-state index is 12.0. The molecule has 0 atom stereocenters. The average molecular weight is 414 g/mol. The van der Waals surface area contributed by atoms with E-state index in [9.17, 15) is 24.5 Å². The van der Waals surface area contributed by atoms with Gasteiger partial charge in [0.1, 0.15) is 5.75 Å². The number of carbonyl (C=O) groups excluding carboxylic acids is 3. The molecule has 0 spiro atoms. The number of nitrogens with one attached hydrogen (secondary N) is 3. The van der Waals surface area contributed by atoms with E-state index in [1.165, 1.54) is 24.3 Å². The van der Waals surface area contributed by atoms with Crippen molar-refractivity contribution in [2.75, 3.05) is 11.9 Å². The molecule has 3 amide bonds. The fraction of sp³-hybridized carbons (Fsp3) is 0.250. The first-order valence-corrected chi connectivity index (χ1v) is 9.06. The Morgan fingerprint density at radius 3 is 2.23 bits per heavy atom. The number of amides is 3. The highest BCUT2D eigenvalue weighted by molar-refractivity contribution is 5.94. The standard InChI is InChI=1S/C20H22N4O6/c1-13-3-4-14(2)17(11-13)21-18(25)9-10-19(26)22-23-20(27)12-30-16-7-5-15(6-8-16)24(28)29/h3-8,11H,9-10,12H2,1-2H3,(H,21,25)(H,22,26)(H,23,27). The Morgan fingerprint density at radius 1 is 0.933 bits per heavy atom. The second-order valence-electron chi connectivity index (χ2n) is 6.50. The fourth-order valence-corrected chi connectivity index (χ4v) is 2.36. The number of non-ortho nitro benzene ring substituents is 1. The van der Waals surface area contributed by atoms with Crippen molar-refractivity contribution in [1.82, 2.24) is 10.9 Å². The van der Waals surface area contributed by atoms with Gasteiger partial charge in [-0.1, -0.05) is 12.1 Å². The Bertz CT molecular complexity index is 943. The lowest BCUT2D eigenvalue weighted by molar-refractivity contribution is -0.384. The van der Waals surface area contributed by atoms with Crippen LogP contribution in [-0.2, 0) is 14.4 Å². The van der Waals surface area contributed by atoms with Crippen molar-refractivity contribution < 1.29 is 24.0 Å². The number of nitro benzene ring substituents is 1. The van der Waals surface area contributed by atoms with Gasteiger partial charge in [0.2, 0.25) is 11.8 Å². The third-order valence-corrected chi connectivity index (χ3v) is 4.01. The van der Waals surface area contributed by atoms with Crippen molar-refractivity contribution in [3.63, 3.8) is 0 Å². The van der Waals surface area contributed by atoms with Crippen molar-refractivity contribution >= 4 is 29.1 Å². The van der Waals surface area contributed by atoms with Crippen LogP contribution in [0, 0.1) is 24.0 Å². The number of hydrogen-bond donors (Lipinski definition) is 3. The van der Waals surface area contributed by atoms with Crippen LogP contribution < -0.4 is 20.9 Å². The molecule has 2 rings (SSSR count). The number of carbonyl (C=O) groups is 3. The number of anilines is 1. The summed E-state index contributed by atoms with van der Waals surface area (Å²) < 4.78 is 5.17. The monoisotopic (exact) mass is 414 g/mol. The number of nitrogens with zero attached hydrogens (tertiary/aromatic N) is 1. The van der Waals surface area contributed by atoms with Gasteiger partial charge in [-0.15, -0.1) is 0 Å². The minimum absolute atomic E-state index is 0.0472. The van der Waals surface area contributed by atoms with E-state index in [0.717, 1.165) is 11.1 Å². The molecule has 0 aliphatic rings. The van der Waals surface area contributed by atoms with Crippen molar-refractivity contribution in [2.24, 2.45) is 0 Å². The number of ether oxygens (including phenoxy) is 1. The summed E-state index contributed by atoms with van der Waals surface area (Å²) in [7, 11) is 0. The van der Waals surface area contributed by atoms with E-state index >= 15 is 0 Å². The average Bonchev–Trinajstić information content (AvgIpc) is 2.72. The lowest BCUT2D eigenvalue weighted by atomic mass is 10.1. The maximum absolute atomic E-state index is 12.0. The Hall–Kier alpha value is -3.95. The van der Waals surface area contributed by atoms with E-state index < -0.39 is 23.3 Å². The van der Waals surface area contributed by atoms with Gasteiger partial charge in [0.25, 0.3) is 11.6 Å². The van der Waals surface area contributed by atoms with Gasteiger partial charge in [-0.05, 0) is 43.2 Å². The zero-order chi connectivity index (χ0) is 22.1. The molecule has 2 aromatic rings. The van der Waals surface area contributed by atoms with Crippen LogP contribution in [0.1, 0.15) is 24.0 Å². The molecular weight excluding hydrogens is 392 g/mol. The minimum Gasteiger partial charge on any atom is -0.484 e. The molecule has 0 aromatic heterocycles. The van der Waals surface area contributed by atoms with Crippen LogP contribution in [-0.4, -0.2) is 29.3 Å². The van der Waals surface area contributed by atoms with Gasteiger partial charge < -0.3 is 10.1 Å². The van der Waals surface area contributed by atoms with E-state index in [-0.39, 0.29) is 30.2 Å². The quantitative estimate of drug-likeness (QED) is 0.447. The number of rotatable bonds is 8. The van der Waals surface area contributed by atoms with Gasteiger partial charge in [0.05, 0.1) is 4.92 Å². The van der Waals surface area contributed by atoms with Crippen LogP contribution in [0.5, 0.6) is 5.75 Å². The summed E-state index contributed by atoms with van der Waals surface area (Å²) in [5.74, 6) is -1.20. The van der Waals surface area contributed by atoms with Crippen molar-refractivity contribution in [3.8, 4) is 5.75 Å². The number of benzene rings is 2. The first-order chi connectivity index (χ1) is 14.2. The second-order valence-corrected chi connectivity index (χ2v) is 6.50. The molecule has 2 aromatic carbocycles. The zero-order valence-electron chi connectivity index (χ0n) is 16.6. The van der Waals surface area contributed by atoms with Gasteiger partial charge in [-0.25, -0.2) is 0 Å². The van der Waals surface area contributed by atoms with Gasteiger partial charge in [0.15, 0.2) is 6.61 Å². The summed E-state index contributed by atoms with van der Waals surface area (Å²) in [5, 5.41) is 13.3. The zero-order valence-corrected chi connectivity index (χ0v) is 16.6. The molecule has 0 aliphatic carbocycles. The summed E-state index contributed by atoms with van der Waals surface area (Å²) in [5.41, 5.74) is 6.88. The Labute approximate surface area is 172 Å². The Morgan fingerprint density at radius 2 is 1.57 bits per heavy atom. The smallest absolute Gasteiger partial charge is 0.276 e. The van der Waals surface area contributed by atoms with Crippen LogP contribution in [0.25, 0.3) is 0 Å². The van der Waals surface area contributed by atoms with Crippen LogP contribution >= 0.6 is 0 Å². The SMILES string of the molecule is Cc1ccc(C)c(NC(=O)CCC(=O)NNC(=O)COc2ccc([N+](=O)[O-])cc2)c1. The van der Waals surface area contributed by atoms with Gasteiger partial charge in [-0.3, -0.25) is 35.3 Å². The lowest BCUT2D eigenvalue weighted by Crippen LogP contribution is -2.44. The number of aryl methyl sites for hydroxylation is 2. The molecule has 0 saturated carbocycles. The Kier molecular flexibility index (Phi) is 7.86. The third-order valence-electron chi connectivity index (χ3n) is 4.01. The Balaban J connectivity index is 1.67. The minimum atomic E-state index is -0.624. The van der Waals surface area contributed by atoms with Crippen molar-refractivity contribution in [2.45, 2.75) is 26.7 Å². The van der Waals surface area contributed by atoms with Gasteiger partial charge in [0, 0.05) is 30.7 Å². The number of hydrogen-bond acceptors (Lipinski definition) is 6. The second kappa shape index (κ2) is 10.6. The van der Waals surface area contributed by atoms with E-state index in [2.05, 4.69) is 16.2 Å².